The zero-order valence-corrected chi connectivity index (χ0v) is 8.99. The van der Waals surface area contributed by atoms with E-state index in [-0.39, 0.29) is 5.88 Å². The van der Waals surface area contributed by atoms with Crippen molar-refractivity contribution in [2.24, 2.45) is 5.73 Å². The number of fused-ring (bicyclic) bond motifs is 2. The molecule has 2 aliphatic rings. The number of aromatic nitrogens is 2. The molecule has 0 aromatic carbocycles. The minimum atomic E-state index is -0.930. The number of carbonyl (C=O) groups is 1. The van der Waals surface area contributed by atoms with Gasteiger partial charge in [0.25, 0.3) is 0 Å². The normalized spacial score (nSPS) is 11.1. The highest BCUT2D eigenvalue weighted by Crippen LogP contribution is 2.11. The van der Waals surface area contributed by atoms with Crippen molar-refractivity contribution in [3.63, 3.8) is 0 Å². The molecule has 0 aliphatic carbocycles. The molecule has 18 heavy (non-hydrogen) atoms. The molecule has 7 heteroatoms. The van der Waals surface area contributed by atoms with E-state index in [0.717, 1.165) is 4.57 Å². The summed E-state index contributed by atoms with van der Waals surface area (Å²) in [5.74, 6) is -0.463. The summed E-state index contributed by atoms with van der Waals surface area (Å²) in [6, 6.07) is 3.15. The fraction of sp³-hybridized carbons (Fsp3) is 0. The number of pyridine rings is 1. The average molecular weight is 245 g/mol. The van der Waals surface area contributed by atoms with Crippen molar-refractivity contribution in [2.45, 2.75) is 0 Å². The molecular formula is C11H7N3O4. The molecule has 2 N–H and O–H groups in total. The number of rotatable bonds is 1. The molecule has 0 saturated heterocycles. The number of hydrogen-bond acceptors (Lipinski definition) is 4. The third-order valence-corrected chi connectivity index (χ3v) is 2.63. The third-order valence-electron chi connectivity index (χ3n) is 2.63. The number of amides is 1. The highest BCUT2D eigenvalue weighted by atomic mass is 16.4. The Hall–Kier alpha value is -2.83. The Morgan fingerprint density at radius 1 is 1.17 bits per heavy atom. The molecule has 0 saturated carbocycles. The van der Waals surface area contributed by atoms with Gasteiger partial charge in [-0.3, -0.25) is 9.59 Å². The monoisotopic (exact) mass is 245 g/mol. The Balaban J connectivity index is 2.42. The van der Waals surface area contributed by atoms with Gasteiger partial charge < -0.3 is 14.6 Å². The number of nitrogens with two attached hydrogens (primary N) is 1. The molecule has 0 radical (unpaired) electrons. The first-order valence-electron chi connectivity index (χ1n) is 5.03. The van der Waals surface area contributed by atoms with Gasteiger partial charge in [-0.25, -0.2) is 9.36 Å². The van der Waals surface area contributed by atoms with Crippen LogP contribution in [0.15, 0.2) is 44.7 Å². The minimum absolute atomic E-state index is 0.101. The van der Waals surface area contributed by atoms with Crippen LogP contribution in [0.4, 0.5) is 0 Å². The summed E-state index contributed by atoms with van der Waals surface area (Å²) in [6.45, 7) is 0. The van der Waals surface area contributed by atoms with Crippen molar-refractivity contribution in [1.29, 1.82) is 0 Å². The van der Waals surface area contributed by atoms with E-state index in [1.54, 1.807) is 10.5 Å². The van der Waals surface area contributed by atoms with Crippen molar-refractivity contribution in [3.05, 3.63) is 57.1 Å². The SMILES string of the molecule is NC(=O)c1ccc2cn3c(=O)c(=O)oc-3cn2c1. The van der Waals surface area contributed by atoms with Gasteiger partial charge in [-0.2, -0.15) is 0 Å². The average Bonchev–Trinajstić information content (AvgIpc) is 2.61. The number of oxazole rings is 1. The molecule has 2 aliphatic heterocycles. The van der Waals surface area contributed by atoms with Crippen molar-refractivity contribution in [1.82, 2.24) is 8.97 Å². The molecule has 90 valence electrons. The Morgan fingerprint density at radius 3 is 2.67 bits per heavy atom. The second kappa shape index (κ2) is 3.33. The molecule has 0 fully saturated rings. The summed E-state index contributed by atoms with van der Waals surface area (Å²) in [7, 11) is 0. The first-order valence-corrected chi connectivity index (χ1v) is 5.03. The standard InChI is InChI=1S/C11H7N3O4/c12-9(15)6-1-2-7-4-14-8(5-13(7)3-6)18-11(17)10(14)16/h1-5H,(H2,12,15). The maximum Gasteiger partial charge on any atom is 0.404 e. The van der Waals surface area contributed by atoms with Crippen LogP contribution in [0.2, 0.25) is 0 Å². The fourth-order valence-electron chi connectivity index (χ4n) is 1.74. The van der Waals surface area contributed by atoms with Crippen molar-refractivity contribution in [2.75, 3.05) is 0 Å². The zero-order chi connectivity index (χ0) is 12.9. The van der Waals surface area contributed by atoms with E-state index >= 15 is 0 Å². The largest absolute Gasteiger partial charge is 0.404 e. The molecule has 0 atom stereocenters. The molecule has 0 spiro atoms. The predicted octanol–water partition coefficient (Wildman–Crippen LogP) is -0.420. The highest BCUT2D eigenvalue weighted by Gasteiger charge is 2.13. The van der Waals surface area contributed by atoms with Gasteiger partial charge in [0.1, 0.15) is 0 Å². The van der Waals surface area contributed by atoms with Crippen molar-refractivity contribution >= 4 is 11.4 Å². The van der Waals surface area contributed by atoms with Gasteiger partial charge >= 0.3 is 11.2 Å². The van der Waals surface area contributed by atoms with E-state index in [0.29, 0.717) is 11.1 Å². The maximum absolute atomic E-state index is 11.4. The van der Waals surface area contributed by atoms with Crippen molar-refractivity contribution in [3.8, 4) is 5.88 Å². The fourth-order valence-corrected chi connectivity index (χ4v) is 1.74. The Morgan fingerprint density at radius 2 is 1.94 bits per heavy atom. The van der Waals surface area contributed by atoms with E-state index in [1.165, 1.54) is 24.7 Å². The lowest BCUT2D eigenvalue weighted by Crippen LogP contribution is -2.24. The van der Waals surface area contributed by atoms with Crippen LogP contribution in [0.5, 0.6) is 0 Å². The molecular weight excluding hydrogens is 238 g/mol. The first-order chi connectivity index (χ1) is 8.56. The zero-order valence-electron chi connectivity index (χ0n) is 8.99. The summed E-state index contributed by atoms with van der Waals surface area (Å²) in [5, 5.41) is 0. The molecule has 7 nitrogen and oxygen atoms in total. The van der Waals surface area contributed by atoms with Crippen LogP contribution in [0.1, 0.15) is 10.4 Å². The number of nitrogens with zero attached hydrogens (tertiary/aromatic N) is 2. The van der Waals surface area contributed by atoms with Crippen LogP contribution >= 0.6 is 0 Å². The second-order valence-corrected chi connectivity index (χ2v) is 3.78. The van der Waals surface area contributed by atoms with Crippen LogP contribution in [0.3, 0.4) is 0 Å². The summed E-state index contributed by atoms with van der Waals surface area (Å²) in [4.78, 5) is 33.6. The van der Waals surface area contributed by atoms with Crippen LogP contribution < -0.4 is 16.9 Å². The number of carbonyl (C=O) groups excluding carboxylic acids is 1. The Bertz CT molecular complexity index is 855. The first kappa shape index (κ1) is 10.3. The second-order valence-electron chi connectivity index (χ2n) is 3.78. The summed E-state index contributed by atoms with van der Waals surface area (Å²) in [5.41, 5.74) is 4.42. The molecule has 3 rings (SSSR count). The smallest absolute Gasteiger partial charge is 0.400 e. The van der Waals surface area contributed by atoms with Crippen LogP contribution in [-0.4, -0.2) is 14.9 Å². The number of hydrogen-bond donors (Lipinski definition) is 1. The summed E-state index contributed by atoms with van der Waals surface area (Å²) in [6.07, 6.45) is 4.38. The van der Waals surface area contributed by atoms with Gasteiger partial charge in [0.2, 0.25) is 11.8 Å². The lowest BCUT2D eigenvalue weighted by atomic mass is 10.2. The molecule has 0 unspecified atom stereocenters. The predicted molar refractivity (Wildman–Crippen MR) is 61.2 cm³/mol. The van der Waals surface area contributed by atoms with Gasteiger partial charge in [0, 0.05) is 12.4 Å². The van der Waals surface area contributed by atoms with E-state index in [4.69, 9.17) is 10.2 Å². The molecule has 1 aromatic heterocycles. The topological polar surface area (TPSA) is 99.7 Å². The van der Waals surface area contributed by atoms with Gasteiger partial charge in [0.15, 0.2) is 0 Å². The summed E-state index contributed by atoms with van der Waals surface area (Å²) < 4.78 is 7.43. The lowest BCUT2D eigenvalue weighted by Gasteiger charge is -2.06. The number of primary amides is 1. The lowest BCUT2D eigenvalue weighted by molar-refractivity contribution is 0.1000. The molecule has 1 aromatic rings. The molecule has 0 bridgehead atoms. The van der Waals surface area contributed by atoms with E-state index in [2.05, 4.69) is 0 Å². The summed E-state index contributed by atoms with van der Waals surface area (Å²) >= 11 is 0. The van der Waals surface area contributed by atoms with Crippen LogP contribution in [0, 0.1) is 0 Å². The van der Waals surface area contributed by atoms with E-state index in [1.807, 2.05) is 0 Å². The Labute approximate surface area is 99.0 Å². The highest BCUT2D eigenvalue weighted by molar-refractivity contribution is 5.92. The van der Waals surface area contributed by atoms with E-state index in [9.17, 15) is 14.4 Å². The van der Waals surface area contributed by atoms with Gasteiger partial charge in [-0.15, -0.1) is 0 Å². The van der Waals surface area contributed by atoms with Crippen LogP contribution in [0.25, 0.3) is 11.4 Å². The van der Waals surface area contributed by atoms with Crippen molar-refractivity contribution < 1.29 is 9.21 Å². The molecule has 1 amide bonds. The maximum atomic E-state index is 11.4. The molecule has 3 heterocycles. The van der Waals surface area contributed by atoms with Gasteiger partial charge in [-0.05, 0) is 12.1 Å². The Kier molecular flexibility index (Phi) is 1.91. The quantitative estimate of drug-likeness (QED) is 0.588. The van der Waals surface area contributed by atoms with Gasteiger partial charge in [-0.1, -0.05) is 0 Å². The minimum Gasteiger partial charge on any atom is -0.400 e. The third kappa shape index (κ3) is 1.34. The van der Waals surface area contributed by atoms with E-state index < -0.39 is 17.1 Å². The van der Waals surface area contributed by atoms with Gasteiger partial charge in [0.05, 0.1) is 17.3 Å². The van der Waals surface area contributed by atoms with Crippen LogP contribution in [-0.2, 0) is 0 Å².